The van der Waals surface area contributed by atoms with E-state index in [9.17, 15) is 18.0 Å². The molecule has 1 atom stereocenters. The highest BCUT2D eigenvalue weighted by molar-refractivity contribution is 7.91. The Labute approximate surface area is 162 Å². The van der Waals surface area contributed by atoms with Crippen LogP contribution >= 0.6 is 11.3 Å². The molecule has 0 spiro atoms. The average molecular weight is 411 g/mol. The minimum absolute atomic E-state index is 0.0191. The molecule has 1 unspecified atom stereocenters. The minimum atomic E-state index is -3.08. The Bertz CT molecular complexity index is 931. The molecule has 2 aromatic heterocycles. The molecule has 0 radical (unpaired) electrons. The van der Waals surface area contributed by atoms with Gasteiger partial charge in [-0.2, -0.15) is 0 Å². The van der Waals surface area contributed by atoms with Gasteiger partial charge < -0.3 is 14.6 Å². The standard InChI is InChI=1S/C18H22N2O5S2/c1-3-7-20(13-6-9-27(23,24)11-13)18(22)16-12(2)10-15(26-16)19-17(21)14-5-4-8-25-14/h4-5,8,10,13H,3,6-7,9,11H2,1-2H3,(H,19,21). The molecule has 1 N–H and O–H groups in total. The predicted molar refractivity (Wildman–Crippen MR) is 104 cm³/mol. The summed E-state index contributed by atoms with van der Waals surface area (Å²) in [6, 6.07) is 4.65. The van der Waals surface area contributed by atoms with E-state index in [-0.39, 0.29) is 35.1 Å². The Morgan fingerprint density at radius 1 is 1.41 bits per heavy atom. The highest BCUT2D eigenvalue weighted by atomic mass is 32.2. The molecule has 2 amide bonds. The lowest BCUT2D eigenvalue weighted by Crippen LogP contribution is -2.41. The number of aryl methyl sites for hydroxylation is 1. The molecule has 9 heteroatoms. The molecule has 1 aliphatic heterocycles. The van der Waals surface area contributed by atoms with Crippen molar-refractivity contribution in [1.29, 1.82) is 0 Å². The van der Waals surface area contributed by atoms with E-state index >= 15 is 0 Å². The molecule has 0 saturated carbocycles. The topological polar surface area (TPSA) is 96.7 Å². The smallest absolute Gasteiger partial charge is 0.291 e. The first-order valence-corrected chi connectivity index (χ1v) is 11.4. The highest BCUT2D eigenvalue weighted by Gasteiger charge is 2.35. The number of furan rings is 1. The fraction of sp³-hybridized carbons (Fsp3) is 0.444. The molecule has 0 aliphatic carbocycles. The number of carbonyl (C=O) groups is 2. The quantitative estimate of drug-likeness (QED) is 0.790. The van der Waals surface area contributed by atoms with Crippen molar-refractivity contribution in [1.82, 2.24) is 4.90 Å². The van der Waals surface area contributed by atoms with Gasteiger partial charge in [-0.3, -0.25) is 9.59 Å². The van der Waals surface area contributed by atoms with Crippen molar-refractivity contribution >= 4 is 38.0 Å². The van der Waals surface area contributed by atoms with E-state index in [4.69, 9.17) is 4.42 Å². The van der Waals surface area contributed by atoms with Gasteiger partial charge in [0.25, 0.3) is 11.8 Å². The fourth-order valence-electron chi connectivity index (χ4n) is 3.18. The lowest BCUT2D eigenvalue weighted by Gasteiger charge is -2.27. The van der Waals surface area contributed by atoms with Crippen LogP contribution in [-0.2, 0) is 9.84 Å². The Kier molecular flexibility index (Phi) is 5.71. The van der Waals surface area contributed by atoms with E-state index in [1.54, 1.807) is 23.1 Å². The third kappa shape index (κ3) is 4.41. The van der Waals surface area contributed by atoms with Gasteiger partial charge in [0, 0.05) is 12.6 Å². The van der Waals surface area contributed by atoms with Crippen molar-refractivity contribution in [2.45, 2.75) is 32.7 Å². The number of thiophene rings is 1. The van der Waals surface area contributed by atoms with Crippen LogP contribution in [0.25, 0.3) is 0 Å². The third-order valence-corrected chi connectivity index (χ3v) is 7.36. The number of sulfone groups is 1. The summed E-state index contributed by atoms with van der Waals surface area (Å²) < 4.78 is 28.7. The van der Waals surface area contributed by atoms with Crippen LogP contribution in [0, 0.1) is 6.92 Å². The van der Waals surface area contributed by atoms with E-state index in [0.717, 1.165) is 12.0 Å². The Morgan fingerprint density at radius 3 is 2.78 bits per heavy atom. The first-order valence-electron chi connectivity index (χ1n) is 8.77. The van der Waals surface area contributed by atoms with Crippen molar-refractivity contribution in [3.63, 3.8) is 0 Å². The van der Waals surface area contributed by atoms with Crippen molar-refractivity contribution in [2.24, 2.45) is 0 Å². The highest BCUT2D eigenvalue weighted by Crippen LogP contribution is 2.30. The van der Waals surface area contributed by atoms with E-state index in [1.807, 2.05) is 13.8 Å². The summed E-state index contributed by atoms with van der Waals surface area (Å²) >= 11 is 1.19. The van der Waals surface area contributed by atoms with Gasteiger partial charge in [-0.15, -0.1) is 11.3 Å². The molecule has 3 rings (SSSR count). The lowest BCUT2D eigenvalue weighted by molar-refractivity contribution is 0.0701. The van der Waals surface area contributed by atoms with Crippen LogP contribution in [0.5, 0.6) is 0 Å². The van der Waals surface area contributed by atoms with Crippen LogP contribution in [0.3, 0.4) is 0 Å². The van der Waals surface area contributed by atoms with Crippen LogP contribution in [0.4, 0.5) is 5.00 Å². The summed E-state index contributed by atoms with van der Waals surface area (Å²) in [5.41, 5.74) is 0.752. The second-order valence-corrected chi connectivity index (χ2v) is 9.89. The van der Waals surface area contributed by atoms with Gasteiger partial charge in [0.2, 0.25) is 0 Å². The zero-order chi connectivity index (χ0) is 19.6. The summed E-state index contributed by atoms with van der Waals surface area (Å²) in [4.78, 5) is 27.4. The van der Waals surface area contributed by atoms with E-state index in [1.165, 1.54) is 17.6 Å². The summed E-state index contributed by atoms with van der Waals surface area (Å²) in [6.45, 7) is 4.27. The zero-order valence-electron chi connectivity index (χ0n) is 15.2. The number of nitrogens with zero attached hydrogens (tertiary/aromatic N) is 1. The van der Waals surface area contributed by atoms with Crippen LogP contribution in [0.15, 0.2) is 28.9 Å². The largest absolute Gasteiger partial charge is 0.459 e. The molecular weight excluding hydrogens is 388 g/mol. The second-order valence-electron chi connectivity index (χ2n) is 6.61. The number of rotatable bonds is 6. The van der Waals surface area contributed by atoms with Crippen LogP contribution in [0.2, 0.25) is 0 Å². The SMILES string of the molecule is CCCN(C(=O)c1sc(NC(=O)c2ccco2)cc1C)C1CCS(=O)(=O)C1. The molecule has 1 saturated heterocycles. The van der Waals surface area contributed by atoms with Crippen LogP contribution in [0.1, 0.15) is 45.6 Å². The van der Waals surface area contributed by atoms with Crippen LogP contribution in [-0.4, -0.2) is 49.2 Å². The molecular formula is C18H22N2O5S2. The normalized spacial score (nSPS) is 18.4. The Balaban J connectivity index is 1.78. The second kappa shape index (κ2) is 7.85. The predicted octanol–water partition coefficient (Wildman–Crippen LogP) is 2.94. The number of anilines is 1. The molecule has 1 fully saturated rings. The molecule has 7 nitrogen and oxygen atoms in total. The monoisotopic (exact) mass is 410 g/mol. The number of amides is 2. The maximum atomic E-state index is 13.1. The molecule has 27 heavy (non-hydrogen) atoms. The van der Waals surface area contributed by atoms with Crippen molar-refractivity contribution in [2.75, 3.05) is 23.4 Å². The van der Waals surface area contributed by atoms with Crippen molar-refractivity contribution in [3.8, 4) is 0 Å². The van der Waals surface area contributed by atoms with Gasteiger partial charge in [0.15, 0.2) is 15.6 Å². The van der Waals surface area contributed by atoms with Gasteiger partial charge in [-0.25, -0.2) is 8.42 Å². The van der Waals surface area contributed by atoms with Gasteiger partial charge >= 0.3 is 0 Å². The summed E-state index contributed by atoms with van der Waals surface area (Å²) in [5, 5.41) is 3.28. The van der Waals surface area contributed by atoms with Gasteiger partial charge in [0.05, 0.1) is 27.6 Å². The minimum Gasteiger partial charge on any atom is -0.459 e. The van der Waals surface area contributed by atoms with Gasteiger partial charge in [-0.1, -0.05) is 6.92 Å². The van der Waals surface area contributed by atoms with Gasteiger partial charge in [0.1, 0.15) is 0 Å². The third-order valence-electron chi connectivity index (χ3n) is 4.47. The first-order chi connectivity index (χ1) is 12.8. The Morgan fingerprint density at radius 2 is 2.19 bits per heavy atom. The lowest BCUT2D eigenvalue weighted by atomic mass is 10.2. The number of hydrogen-bond donors (Lipinski definition) is 1. The van der Waals surface area contributed by atoms with Crippen molar-refractivity contribution in [3.05, 3.63) is 40.7 Å². The molecule has 3 heterocycles. The average Bonchev–Trinajstić information content (AvgIpc) is 3.32. The number of hydrogen-bond acceptors (Lipinski definition) is 6. The maximum absolute atomic E-state index is 13.1. The van der Waals surface area contributed by atoms with E-state index in [0.29, 0.717) is 22.8 Å². The molecule has 1 aliphatic rings. The molecule has 0 aromatic carbocycles. The number of nitrogens with one attached hydrogen (secondary N) is 1. The molecule has 0 bridgehead atoms. The first kappa shape index (κ1) is 19.6. The van der Waals surface area contributed by atoms with E-state index in [2.05, 4.69) is 5.32 Å². The maximum Gasteiger partial charge on any atom is 0.291 e. The van der Waals surface area contributed by atoms with Crippen molar-refractivity contribution < 1.29 is 22.4 Å². The number of carbonyl (C=O) groups excluding carboxylic acids is 2. The molecule has 146 valence electrons. The summed E-state index contributed by atoms with van der Waals surface area (Å²) in [7, 11) is -3.08. The van der Waals surface area contributed by atoms with E-state index < -0.39 is 9.84 Å². The Hall–Kier alpha value is -2.13. The molecule has 2 aromatic rings. The summed E-state index contributed by atoms with van der Waals surface area (Å²) in [5.74, 6) is -0.227. The fourth-order valence-corrected chi connectivity index (χ4v) is 5.93. The zero-order valence-corrected chi connectivity index (χ0v) is 16.9. The van der Waals surface area contributed by atoms with Crippen LogP contribution < -0.4 is 5.32 Å². The summed E-state index contributed by atoms with van der Waals surface area (Å²) in [6.07, 6.45) is 2.64. The van der Waals surface area contributed by atoms with Gasteiger partial charge in [-0.05, 0) is 43.5 Å².